The van der Waals surface area contributed by atoms with Crippen molar-refractivity contribution in [3.63, 3.8) is 0 Å². The molecule has 0 radical (unpaired) electrons. The number of nitrogens with zero attached hydrogens (tertiary/aromatic N) is 5. The molecule has 11 heteroatoms. The zero-order valence-corrected chi connectivity index (χ0v) is 19.4. The van der Waals surface area contributed by atoms with Crippen molar-refractivity contribution in [2.45, 2.75) is 39.3 Å². The van der Waals surface area contributed by atoms with E-state index < -0.39 is 0 Å². The molecule has 0 spiro atoms. The molecule has 174 valence electrons. The number of piperidine rings is 1. The van der Waals surface area contributed by atoms with Crippen LogP contribution in [0.5, 0.6) is 0 Å². The number of benzene rings is 1. The van der Waals surface area contributed by atoms with E-state index in [2.05, 4.69) is 30.7 Å². The number of pyridine rings is 1. The Balaban J connectivity index is 1.52. The third-order valence-corrected chi connectivity index (χ3v) is 6.10. The van der Waals surface area contributed by atoms with Gasteiger partial charge in [-0.15, -0.1) is 0 Å². The van der Waals surface area contributed by atoms with Gasteiger partial charge < -0.3 is 15.2 Å². The van der Waals surface area contributed by atoms with Gasteiger partial charge in [0.1, 0.15) is 5.65 Å². The van der Waals surface area contributed by atoms with Crippen molar-refractivity contribution in [3.8, 4) is 22.5 Å². The standard InChI is InChI=1S/C23H22ClN7O3/c1-3-31-21-14(10-26-23(29-21)28-15-5-7-19(32)25-11-15)8-17(22(31)33)16-6-4-13(9-18(16)24)20-27-12(2)34-30-20/h4,6,8-10,15H,3,5,7,11H2,1-2H3,(H,25,32)(H,26,28,29). The van der Waals surface area contributed by atoms with Gasteiger partial charge in [-0.05, 0) is 25.5 Å². The molecule has 34 heavy (non-hydrogen) atoms. The summed E-state index contributed by atoms with van der Waals surface area (Å²) in [5.74, 6) is 1.35. The lowest BCUT2D eigenvalue weighted by atomic mass is 10.0. The molecule has 10 nitrogen and oxygen atoms in total. The molecule has 5 rings (SSSR count). The van der Waals surface area contributed by atoms with Gasteiger partial charge >= 0.3 is 0 Å². The number of carbonyl (C=O) groups is 1. The van der Waals surface area contributed by atoms with Gasteiger partial charge in [0.2, 0.25) is 23.6 Å². The first-order valence-corrected chi connectivity index (χ1v) is 11.3. The summed E-state index contributed by atoms with van der Waals surface area (Å²) >= 11 is 6.58. The summed E-state index contributed by atoms with van der Waals surface area (Å²) in [7, 11) is 0. The van der Waals surface area contributed by atoms with Gasteiger partial charge in [-0.2, -0.15) is 9.97 Å². The number of fused-ring (bicyclic) bond motifs is 1. The Labute approximate surface area is 199 Å². The molecule has 2 N–H and O–H groups in total. The summed E-state index contributed by atoms with van der Waals surface area (Å²) in [4.78, 5) is 38.0. The van der Waals surface area contributed by atoms with Gasteiger partial charge in [-0.25, -0.2) is 4.98 Å². The van der Waals surface area contributed by atoms with Crippen molar-refractivity contribution >= 4 is 34.5 Å². The van der Waals surface area contributed by atoms with Crippen molar-refractivity contribution in [1.29, 1.82) is 0 Å². The molecular formula is C23H22ClN7O3. The van der Waals surface area contributed by atoms with Crippen LogP contribution in [-0.4, -0.2) is 43.2 Å². The fraction of sp³-hybridized carbons (Fsp3) is 0.304. The number of amides is 1. The molecule has 1 atom stereocenters. The average Bonchev–Trinajstić information content (AvgIpc) is 3.27. The second kappa shape index (κ2) is 8.86. The minimum absolute atomic E-state index is 0.0385. The van der Waals surface area contributed by atoms with Crippen LogP contribution in [0.25, 0.3) is 33.5 Å². The monoisotopic (exact) mass is 479 g/mol. The van der Waals surface area contributed by atoms with Crippen LogP contribution in [0.3, 0.4) is 0 Å². The third kappa shape index (κ3) is 4.12. The SMILES string of the molecule is CCn1c(=O)c(-c2ccc(-c3noc(C)n3)cc2Cl)cc2cnc(NC3CCC(=O)NC3)nc21. The maximum absolute atomic E-state index is 13.4. The molecule has 1 aliphatic rings. The van der Waals surface area contributed by atoms with E-state index in [1.807, 2.05) is 6.92 Å². The number of carbonyl (C=O) groups excluding carboxylic acids is 1. The molecule has 1 aromatic carbocycles. The number of halogens is 1. The third-order valence-electron chi connectivity index (χ3n) is 5.79. The zero-order valence-electron chi connectivity index (χ0n) is 18.6. The molecule has 0 saturated carbocycles. The number of hydrogen-bond donors (Lipinski definition) is 2. The first-order valence-electron chi connectivity index (χ1n) is 11.0. The van der Waals surface area contributed by atoms with Crippen LogP contribution in [0.15, 0.2) is 39.8 Å². The number of aryl methyl sites for hydroxylation is 2. The molecule has 1 amide bonds. The lowest BCUT2D eigenvalue weighted by Crippen LogP contribution is -2.42. The molecular weight excluding hydrogens is 458 g/mol. The number of hydrogen-bond acceptors (Lipinski definition) is 8. The van der Waals surface area contributed by atoms with Crippen LogP contribution in [-0.2, 0) is 11.3 Å². The van der Waals surface area contributed by atoms with E-state index in [-0.39, 0.29) is 17.5 Å². The summed E-state index contributed by atoms with van der Waals surface area (Å²) in [5.41, 5.74) is 2.08. The Kier molecular flexibility index (Phi) is 5.74. The summed E-state index contributed by atoms with van der Waals surface area (Å²) in [5, 5.41) is 11.1. The van der Waals surface area contributed by atoms with Crippen LogP contribution in [0.2, 0.25) is 5.02 Å². The van der Waals surface area contributed by atoms with Crippen molar-refractivity contribution in [2.24, 2.45) is 0 Å². The first-order chi connectivity index (χ1) is 16.4. The van der Waals surface area contributed by atoms with E-state index in [0.717, 1.165) is 0 Å². The number of nitrogens with one attached hydrogen (secondary N) is 2. The first kappa shape index (κ1) is 22.0. The molecule has 3 aromatic heterocycles. The predicted octanol–water partition coefficient (Wildman–Crippen LogP) is 3.18. The van der Waals surface area contributed by atoms with E-state index in [4.69, 9.17) is 16.1 Å². The molecule has 4 aromatic rings. The lowest BCUT2D eigenvalue weighted by molar-refractivity contribution is -0.122. The van der Waals surface area contributed by atoms with Crippen LogP contribution in [0.1, 0.15) is 25.7 Å². The van der Waals surface area contributed by atoms with E-state index in [0.29, 0.717) is 76.3 Å². The number of rotatable bonds is 5. The fourth-order valence-corrected chi connectivity index (χ4v) is 4.32. The smallest absolute Gasteiger partial charge is 0.260 e. The Morgan fingerprint density at radius 1 is 1.24 bits per heavy atom. The summed E-state index contributed by atoms with van der Waals surface area (Å²) in [6.07, 6.45) is 2.84. The van der Waals surface area contributed by atoms with Crippen LogP contribution < -0.4 is 16.2 Å². The Morgan fingerprint density at radius 2 is 2.09 bits per heavy atom. The summed E-state index contributed by atoms with van der Waals surface area (Å²) in [6.45, 7) is 4.54. The molecule has 0 aliphatic carbocycles. The highest BCUT2D eigenvalue weighted by Crippen LogP contribution is 2.31. The second-order valence-corrected chi connectivity index (χ2v) is 8.50. The van der Waals surface area contributed by atoms with Crippen LogP contribution >= 0.6 is 11.6 Å². The van der Waals surface area contributed by atoms with Crippen molar-refractivity contribution < 1.29 is 9.32 Å². The van der Waals surface area contributed by atoms with Crippen LogP contribution in [0.4, 0.5) is 5.95 Å². The van der Waals surface area contributed by atoms with Crippen LogP contribution in [0, 0.1) is 6.92 Å². The van der Waals surface area contributed by atoms with Crippen molar-refractivity contribution in [2.75, 3.05) is 11.9 Å². The topological polar surface area (TPSA) is 128 Å². The Morgan fingerprint density at radius 3 is 2.76 bits per heavy atom. The predicted molar refractivity (Wildman–Crippen MR) is 128 cm³/mol. The van der Waals surface area contributed by atoms with Gasteiger partial charge in [0, 0.05) is 65.8 Å². The fourth-order valence-electron chi connectivity index (χ4n) is 4.04. The van der Waals surface area contributed by atoms with Crippen molar-refractivity contribution in [1.82, 2.24) is 30.0 Å². The van der Waals surface area contributed by atoms with E-state index in [1.165, 1.54) is 0 Å². The summed E-state index contributed by atoms with van der Waals surface area (Å²) < 4.78 is 6.64. The molecule has 1 aliphatic heterocycles. The molecule has 1 saturated heterocycles. The minimum atomic E-state index is -0.199. The van der Waals surface area contributed by atoms with Gasteiger partial charge in [-0.1, -0.05) is 28.9 Å². The van der Waals surface area contributed by atoms with Gasteiger partial charge in [0.05, 0.1) is 0 Å². The van der Waals surface area contributed by atoms with Crippen molar-refractivity contribution in [3.05, 3.63) is 51.7 Å². The summed E-state index contributed by atoms with van der Waals surface area (Å²) in [6, 6.07) is 7.09. The second-order valence-electron chi connectivity index (χ2n) is 8.10. The van der Waals surface area contributed by atoms with Gasteiger partial charge in [-0.3, -0.25) is 14.2 Å². The highest BCUT2D eigenvalue weighted by Gasteiger charge is 2.20. The van der Waals surface area contributed by atoms with E-state index in [9.17, 15) is 9.59 Å². The van der Waals surface area contributed by atoms with E-state index in [1.54, 1.807) is 42.0 Å². The van der Waals surface area contributed by atoms with Gasteiger partial charge in [0.25, 0.3) is 5.56 Å². The minimum Gasteiger partial charge on any atom is -0.354 e. The quantitative estimate of drug-likeness (QED) is 0.446. The Bertz CT molecular complexity index is 1450. The maximum atomic E-state index is 13.4. The zero-order chi connectivity index (χ0) is 23.8. The molecule has 1 unspecified atom stereocenters. The van der Waals surface area contributed by atoms with E-state index >= 15 is 0 Å². The lowest BCUT2D eigenvalue weighted by Gasteiger charge is -2.23. The highest BCUT2D eigenvalue weighted by molar-refractivity contribution is 6.33. The normalized spacial score (nSPS) is 16.0. The maximum Gasteiger partial charge on any atom is 0.260 e. The molecule has 1 fully saturated rings. The highest BCUT2D eigenvalue weighted by atomic mass is 35.5. The molecule has 4 heterocycles. The molecule has 0 bridgehead atoms. The number of anilines is 1. The number of aromatic nitrogens is 5. The largest absolute Gasteiger partial charge is 0.354 e. The average molecular weight is 480 g/mol. The Hall–Kier alpha value is -3.79. The van der Waals surface area contributed by atoms with Gasteiger partial charge in [0.15, 0.2) is 0 Å².